The molecule has 0 bridgehead atoms. The van der Waals surface area contributed by atoms with Gasteiger partial charge < -0.3 is 5.73 Å². The Bertz CT molecular complexity index is 529. The number of hydrogen-bond donors (Lipinski definition) is 1. The van der Waals surface area contributed by atoms with Crippen molar-refractivity contribution in [3.05, 3.63) is 68.9 Å². The molecule has 3 heteroatoms. The van der Waals surface area contributed by atoms with E-state index >= 15 is 0 Å². The average molecular weight is 308 g/mol. The third kappa shape index (κ3) is 2.33. The van der Waals surface area contributed by atoms with Crippen LogP contribution in [-0.2, 0) is 0 Å². The Balaban J connectivity index is 2.51. The van der Waals surface area contributed by atoms with Gasteiger partial charge in [-0.25, -0.2) is 4.39 Å². The topological polar surface area (TPSA) is 26.0 Å². The predicted octanol–water partition coefficient (Wildman–Crippen LogP) is 4.25. The van der Waals surface area contributed by atoms with Crippen molar-refractivity contribution in [2.24, 2.45) is 5.73 Å². The highest BCUT2D eigenvalue weighted by atomic mass is 79.9. The second-order valence-electron chi connectivity index (χ2n) is 4.41. The molecule has 1 nitrogen and oxygen atoms in total. The van der Waals surface area contributed by atoms with Crippen molar-refractivity contribution in [3.8, 4) is 0 Å². The van der Waals surface area contributed by atoms with Crippen LogP contribution < -0.4 is 5.73 Å². The number of hydrogen-bond acceptors (Lipinski definition) is 1. The fraction of sp³-hybridized carbons (Fsp3) is 0.200. The van der Waals surface area contributed by atoms with Crippen LogP contribution in [0.4, 0.5) is 4.39 Å². The molecule has 0 radical (unpaired) electrons. The van der Waals surface area contributed by atoms with Gasteiger partial charge in [0.2, 0.25) is 0 Å². The first-order valence-corrected chi connectivity index (χ1v) is 6.57. The number of benzene rings is 2. The van der Waals surface area contributed by atoms with Crippen LogP contribution in [-0.4, -0.2) is 0 Å². The van der Waals surface area contributed by atoms with Crippen molar-refractivity contribution in [2.45, 2.75) is 19.9 Å². The lowest BCUT2D eigenvalue weighted by molar-refractivity contribution is 0.616. The monoisotopic (exact) mass is 307 g/mol. The van der Waals surface area contributed by atoms with E-state index in [-0.39, 0.29) is 11.9 Å². The Kier molecular flexibility index (Phi) is 3.83. The smallest absolute Gasteiger partial charge is 0.137 e. The minimum Gasteiger partial charge on any atom is -0.320 e. The Morgan fingerprint density at radius 1 is 1.06 bits per heavy atom. The molecule has 0 aromatic heterocycles. The maximum Gasteiger partial charge on any atom is 0.137 e. The average Bonchev–Trinajstić information content (AvgIpc) is 2.35. The van der Waals surface area contributed by atoms with Crippen molar-refractivity contribution in [1.82, 2.24) is 0 Å². The lowest BCUT2D eigenvalue weighted by Crippen LogP contribution is -2.14. The second kappa shape index (κ2) is 5.21. The number of aryl methyl sites for hydroxylation is 1. The molecule has 0 saturated heterocycles. The van der Waals surface area contributed by atoms with Gasteiger partial charge in [0.1, 0.15) is 5.82 Å². The molecule has 1 unspecified atom stereocenters. The van der Waals surface area contributed by atoms with E-state index in [1.165, 1.54) is 11.6 Å². The largest absolute Gasteiger partial charge is 0.320 e. The maximum absolute atomic E-state index is 13.5. The van der Waals surface area contributed by atoms with Crippen LogP contribution in [0.15, 0.2) is 40.9 Å². The molecule has 0 fully saturated rings. The van der Waals surface area contributed by atoms with E-state index in [1.807, 2.05) is 38.1 Å². The summed E-state index contributed by atoms with van der Waals surface area (Å²) < 4.78 is 14.0. The zero-order valence-electron chi connectivity index (χ0n) is 10.4. The van der Waals surface area contributed by atoms with Crippen LogP contribution >= 0.6 is 15.9 Å². The van der Waals surface area contributed by atoms with Gasteiger partial charge in [0.15, 0.2) is 0 Å². The standard InChI is InChI=1S/C15H15BrFN/c1-9-5-3-6-11(10(9)2)15(18)12-7-4-8-13(17)14(12)16/h3-8,15H,18H2,1-2H3. The summed E-state index contributed by atoms with van der Waals surface area (Å²) in [6.07, 6.45) is 0. The molecule has 2 aromatic rings. The SMILES string of the molecule is Cc1cccc(C(N)c2cccc(F)c2Br)c1C. The summed E-state index contributed by atoms with van der Waals surface area (Å²) in [6, 6.07) is 10.6. The van der Waals surface area contributed by atoms with Crippen molar-refractivity contribution in [1.29, 1.82) is 0 Å². The van der Waals surface area contributed by atoms with Crippen LogP contribution in [0.3, 0.4) is 0 Å². The summed E-state index contributed by atoms with van der Waals surface area (Å²) in [7, 11) is 0. The van der Waals surface area contributed by atoms with Crippen LogP contribution in [0.5, 0.6) is 0 Å². The van der Waals surface area contributed by atoms with E-state index in [0.29, 0.717) is 4.47 Å². The molecule has 2 rings (SSSR count). The zero-order chi connectivity index (χ0) is 13.3. The molecule has 0 aliphatic rings. The molecule has 1 atom stereocenters. The van der Waals surface area contributed by atoms with Crippen molar-refractivity contribution in [3.63, 3.8) is 0 Å². The van der Waals surface area contributed by atoms with Gasteiger partial charge in [0.05, 0.1) is 10.5 Å². The summed E-state index contributed by atoms with van der Waals surface area (Å²) in [6.45, 7) is 4.09. The highest BCUT2D eigenvalue weighted by Gasteiger charge is 2.16. The Morgan fingerprint density at radius 2 is 1.67 bits per heavy atom. The third-order valence-corrected chi connectivity index (χ3v) is 4.13. The quantitative estimate of drug-likeness (QED) is 0.881. The van der Waals surface area contributed by atoms with E-state index in [2.05, 4.69) is 15.9 Å². The van der Waals surface area contributed by atoms with E-state index in [4.69, 9.17) is 5.73 Å². The Morgan fingerprint density at radius 3 is 2.39 bits per heavy atom. The van der Waals surface area contributed by atoms with Gasteiger partial charge in [-0.3, -0.25) is 0 Å². The second-order valence-corrected chi connectivity index (χ2v) is 5.20. The summed E-state index contributed by atoms with van der Waals surface area (Å²) in [5.74, 6) is -0.284. The van der Waals surface area contributed by atoms with Crippen molar-refractivity contribution >= 4 is 15.9 Å². The minimum absolute atomic E-state index is 0.284. The molecule has 0 amide bonds. The molecular formula is C15H15BrFN. The van der Waals surface area contributed by atoms with E-state index in [1.54, 1.807) is 6.07 Å². The summed E-state index contributed by atoms with van der Waals surface area (Å²) in [5.41, 5.74) is 10.4. The minimum atomic E-state index is -0.324. The molecule has 0 aliphatic carbocycles. The van der Waals surface area contributed by atoms with Crippen LogP contribution in [0, 0.1) is 19.7 Å². The molecule has 0 spiro atoms. The summed E-state index contributed by atoms with van der Waals surface area (Å²) >= 11 is 3.27. The molecule has 0 saturated carbocycles. The van der Waals surface area contributed by atoms with Gasteiger partial charge >= 0.3 is 0 Å². The maximum atomic E-state index is 13.5. The molecule has 0 aliphatic heterocycles. The van der Waals surface area contributed by atoms with Crippen LogP contribution in [0.2, 0.25) is 0 Å². The fourth-order valence-corrected chi connectivity index (χ4v) is 2.55. The molecule has 94 valence electrons. The molecular weight excluding hydrogens is 293 g/mol. The van der Waals surface area contributed by atoms with Gasteiger partial charge in [-0.1, -0.05) is 30.3 Å². The van der Waals surface area contributed by atoms with Gasteiger partial charge in [0.25, 0.3) is 0 Å². The first-order chi connectivity index (χ1) is 8.52. The Labute approximate surface area is 115 Å². The van der Waals surface area contributed by atoms with E-state index < -0.39 is 0 Å². The van der Waals surface area contributed by atoms with Gasteiger partial charge in [0, 0.05) is 0 Å². The highest BCUT2D eigenvalue weighted by Crippen LogP contribution is 2.30. The normalized spacial score (nSPS) is 12.5. The van der Waals surface area contributed by atoms with Crippen LogP contribution in [0.1, 0.15) is 28.3 Å². The van der Waals surface area contributed by atoms with E-state index in [9.17, 15) is 4.39 Å². The van der Waals surface area contributed by atoms with Crippen molar-refractivity contribution < 1.29 is 4.39 Å². The summed E-state index contributed by atoms with van der Waals surface area (Å²) in [5, 5.41) is 0. The molecule has 2 aromatic carbocycles. The zero-order valence-corrected chi connectivity index (χ0v) is 12.0. The lowest BCUT2D eigenvalue weighted by atomic mass is 9.93. The van der Waals surface area contributed by atoms with Crippen LogP contribution in [0.25, 0.3) is 0 Å². The fourth-order valence-electron chi connectivity index (χ4n) is 2.04. The number of nitrogens with two attached hydrogens (primary N) is 1. The van der Waals surface area contributed by atoms with Crippen molar-refractivity contribution in [2.75, 3.05) is 0 Å². The number of rotatable bonds is 2. The molecule has 2 N–H and O–H groups in total. The summed E-state index contributed by atoms with van der Waals surface area (Å²) in [4.78, 5) is 0. The first-order valence-electron chi connectivity index (χ1n) is 5.78. The Hall–Kier alpha value is -1.19. The molecule has 0 heterocycles. The number of halogens is 2. The lowest BCUT2D eigenvalue weighted by Gasteiger charge is -2.18. The van der Waals surface area contributed by atoms with Gasteiger partial charge in [-0.05, 0) is 58.1 Å². The predicted molar refractivity (Wildman–Crippen MR) is 76.0 cm³/mol. The highest BCUT2D eigenvalue weighted by molar-refractivity contribution is 9.10. The van der Waals surface area contributed by atoms with Gasteiger partial charge in [-0.2, -0.15) is 0 Å². The molecule has 18 heavy (non-hydrogen) atoms. The first kappa shape index (κ1) is 13.2. The van der Waals surface area contributed by atoms with E-state index in [0.717, 1.165) is 16.7 Å². The van der Waals surface area contributed by atoms with Gasteiger partial charge in [-0.15, -0.1) is 0 Å². The third-order valence-electron chi connectivity index (χ3n) is 3.30.